The number of amidine groups is 1. The van der Waals surface area contributed by atoms with E-state index in [9.17, 15) is 18.0 Å². The minimum Gasteiger partial charge on any atom is -0.454 e. The van der Waals surface area contributed by atoms with Gasteiger partial charge >= 0.3 is 5.97 Å². The number of benzene rings is 1. The summed E-state index contributed by atoms with van der Waals surface area (Å²) in [7, 11) is -3.64. The van der Waals surface area contributed by atoms with E-state index in [1.165, 1.54) is 6.07 Å². The van der Waals surface area contributed by atoms with E-state index in [2.05, 4.69) is 15.0 Å². The SMILES string of the molecule is CCC[C@H](C)NC(=O)COC(=O)CN=C1NS(=O)(=O)c2ccccc21. The van der Waals surface area contributed by atoms with Crippen molar-refractivity contribution in [3.8, 4) is 0 Å². The maximum Gasteiger partial charge on any atom is 0.328 e. The molecule has 8 nitrogen and oxygen atoms in total. The standard InChI is InChI=1S/C16H21N3O5S/c1-3-6-11(2)18-14(20)10-24-15(21)9-17-16-12-7-4-5-8-13(12)25(22,23)19-16/h4-5,7-8,11H,3,6,9-10H2,1-2H3,(H,17,19)(H,18,20)/t11-/m0/s1. The molecule has 0 unspecified atom stereocenters. The lowest BCUT2D eigenvalue weighted by molar-refractivity contribution is -0.147. The van der Waals surface area contributed by atoms with Gasteiger partial charge in [0.15, 0.2) is 6.61 Å². The van der Waals surface area contributed by atoms with Gasteiger partial charge in [-0.3, -0.25) is 19.3 Å². The zero-order chi connectivity index (χ0) is 18.4. The first kappa shape index (κ1) is 18.9. The smallest absolute Gasteiger partial charge is 0.328 e. The van der Waals surface area contributed by atoms with Crippen molar-refractivity contribution in [3.05, 3.63) is 29.8 Å². The number of esters is 1. The summed E-state index contributed by atoms with van der Waals surface area (Å²) in [5.41, 5.74) is 0.404. The van der Waals surface area contributed by atoms with Gasteiger partial charge in [-0.15, -0.1) is 0 Å². The first-order valence-corrected chi connectivity index (χ1v) is 9.43. The van der Waals surface area contributed by atoms with E-state index in [1.54, 1.807) is 18.2 Å². The number of rotatable bonds is 7. The Balaban J connectivity index is 1.88. The summed E-state index contributed by atoms with van der Waals surface area (Å²) in [6.45, 7) is 3.11. The molecule has 0 bridgehead atoms. The molecule has 1 aliphatic rings. The van der Waals surface area contributed by atoms with Crippen LogP contribution in [0.15, 0.2) is 34.2 Å². The summed E-state index contributed by atoms with van der Waals surface area (Å²) < 4.78 is 31.0. The van der Waals surface area contributed by atoms with E-state index in [4.69, 9.17) is 4.74 Å². The summed E-state index contributed by atoms with van der Waals surface area (Å²) in [5, 5.41) is 2.71. The number of sulfonamides is 1. The number of aliphatic imine (C=N–C) groups is 1. The number of ether oxygens (including phenoxy) is 1. The van der Waals surface area contributed by atoms with Crippen LogP contribution in [0.2, 0.25) is 0 Å². The van der Waals surface area contributed by atoms with Crippen LogP contribution in [0.25, 0.3) is 0 Å². The number of hydrogen-bond acceptors (Lipinski definition) is 6. The highest BCUT2D eigenvalue weighted by Crippen LogP contribution is 2.21. The lowest BCUT2D eigenvalue weighted by atomic mass is 10.2. The molecule has 9 heteroatoms. The van der Waals surface area contributed by atoms with Crippen LogP contribution in [-0.2, 0) is 24.3 Å². The number of carbonyl (C=O) groups excluding carboxylic acids is 2. The fourth-order valence-corrected chi connectivity index (χ4v) is 3.66. The van der Waals surface area contributed by atoms with E-state index < -0.39 is 16.0 Å². The maximum atomic E-state index is 11.9. The average molecular weight is 367 g/mol. The van der Waals surface area contributed by atoms with Crippen LogP contribution < -0.4 is 10.0 Å². The van der Waals surface area contributed by atoms with Crippen LogP contribution in [0.4, 0.5) is 0 Å². The predicted octanol–water partition coefficient (Wildman–Crippen LogP) is 0.573. The van der Waals surface area contributed by atoms with Gasteiger partial charge in [0.05, 0.1) is 4.90 Å². The summed E-state index contributed by atoms with van der Waals surface area (Å²) >= 11 is 0. The predicted molar refractivity (Wildman–Crippen MR) is 91.6 cm³/mol. The molecule has 0 saturated carbocycles. The second-order valence-electron chi connectivity index (χ2n) is 5.68. The molecule has 0 spiro atoms. The third kappa shape index (κ3) is 5.02. The highest BCUT2D eigenvalue weighted by atomic mass is 32.2. The molecule has 25 heavy (non-hydrogen) atoms. The first-order valence-electron chi connectivity index (χ1n) is 7.95. The van der Waals surface area contributed by atoms with Crippen LogP contribution in [-0.4, -0.2) is 45.3 Å². The van der Waals surface area contributed by atoms with Gasteiger partial charge < -0.3 is 10.1 Å². The van der Waals surface area contributed by atoms with Gasteiger partial charge in [-0.25, -0.2) is 8.42 Å². The first-order chi connectivity index (χ1) is 11.8. The van der Waals surface area contributed by atoms with Crippen LogP contribution >= 0.6 is 0 Å². The van der Waals surface area contributed by atoms with Crippen molar-refractivity contribution in [1.29, 1.82) is 0 Å². The fourth-order valence-electron chi connectivity index (χ4n) is 2.41. The zero-order valence-electron chi connectivity index (χ0n) is 14.1. The lowest BCUT2D eigenvalue weighted by Gasteiger charge is -2.12. The maximum absolute atomic E-state index is 11.9. The summed E-state index contributed by atoms with van der Waals surface area (Å²) in [4.78, 5) is 27.4. The third-order valence-electron chi connectivity index (χ3n) is 3.52. The van der Waals surface area contributed by atoms with Gasteiger partial charge in [-0.05, 0) is 25.5 Å². The molecular weight excluding hydrogens is 346 g/mol. The highest BCUT2D eigenvalue weighted by molar-refractivity contribution is 7.90. The van der Waals surface area contributed by atoms with Crippen molar-refractivity contribution in [2.24, 2.45) is 4.99 Å². The summed E-state index contributed by atoms with van der Waals surface area (Å²) in [5.74, 6) is -1.00. The molecule has 0 fully saturated rings. The summed E-state index contributed by atoms with van der Waals surface area (Å²) in [6.07, 6.45) is 1.78. The van der Waals surface area contributed by atoms with Crippen LogP contribution in [0, 0.1) is 0 Å². The molecule has 0 aliphatic carbocycles. The monoisotopic (exact) mass is 367 g/mol. The topological polar surface area (TPSA) is 114 Å². The van der Waals surface area contributed by atoms with Gasteiger partial charge in [0.2, 0.25) is 0 Å². The quantitative estimate of drug-likeness (QED) is 0.684. The Labute approximate surface area is 146 Å². The molecular formula is C16H21N3O5S. The molecule has 0 saturated heterocycles. The number of amides is 1. The molecule has 136 valence electrons. The van der Waals surface area contributed by atoms with Gasteiger partial charge in [0.25, 0.3) is 15.9 Å². The summed E-state index contributed by atoms with van der Waals surface area (Å²) in [6, 6.07) is 6.35. The highest BCUT2D eigenvalue weighted by Gasteiger charge is 2.30. The third-order valence-corrected chi connectivity index (χ3v) is 4.92. The van der Waals surface area contributed by atoms with Crippen molar-refractivity contribution < 1.29 is 22.7 Å². The molecule has 1 aromatic carbocycles. The second kappa shape index (κ2) is 8.11. The van der Waals surface area contributed by atoms with Crippen LogP contribution in [0.5, 0.6) is 0 Å². The minimum absolute atomic E-state index is 0.0147. The van der Waals surface area contributed by atoms with Gasteiger partial charge in [0.1, 0.15) is 12.4 Å². The normalized spacial score (nSPS) is 17.4. The Morgan fingerprint density at radius 3 is 2.76 bits per heavy atom. The Hall–Kier alpha value is -2.42. The molecule has 2 N–H and O–H groups in total. The van der Waals surface area contributed by atoms with Crippen molar-refractivity contribution in [1.82, 2.24) is 10.0 Å². The van der Waals surface area contributed by atoms with Crippen molar-refractivity contribution in [3.63, 3.8) is 0 Å². The molecule has 1 aromatic rings. The molecule has 1 aliphatic heterocycles. The zero-order valence-corrected chi connectivity index (χ0v) is 14.9. The average Bonchev–Trinajstić information content (AvgIpc) is 2.82. The van der Waals surface area contributed by atoms with Crippen LogP contribution in [0.1, 0.15) is 32.3 Å². The molecule has 1 atom stereocenters. The number of carbonyl (C=O) groups is 2. The van der Waals surface area contributed by atoms with E-state index in [1.807, 2.05) is 13.8 Å². The van der Waals surface area contributed by atoms with Gasteiger partial charge in [0, 0.05) is 11.6 Å². The second-order valence-corrected chi connectivity index (χ2v) is 7.34. The van der Waals surface area contributed by atoms with Crippen molar-refractivity contribution in [2.75, 3.05) is 13.2 Å². The Morgan fingerprint density at radius 2 is 2.04 bits per heavy atom. The number of nitrogens with zero attached hydrogens (tertiary/aromatic N) is 1. The minimum atomic E-state index is -3.64. The molecule has 2 rings (SSSR count). The van der Waals surface area contributed by atoms with E-state index >= 15 is 0 Å². The molecule has 0 radical (unpaired) electrons. The molecule has 1 amide bonds. The van der Waals surface area contributed by atoms with E-state index in [0.29, 0.717) is 5.56 Å². The molecule has 1 heterocycles. The lowest BCUT2D eigenvalue weighted by Crippen LogP contribution is -2.36. The van der Waals surface area contributed by atoms with Crippen LogP contribution in [0.3, 0.4) is 0 Å². The Morgan fingerprint density at radius 1 is 1.32 bits per heavy atom. The number of fused-ring (bicyclic) bond motifs is 1. The largest absolute Gasteiger partial charge is 0.454 e. The van der Waals surface area contributed by atoms with Crippen molar-refractivity contribution in [2.45, 2.75) is 37.6 Å². The van der Waals surface area contributed by atoms with Gasteiger partial charge in [-0.2, -0.15) is 0 Å². The fraction of sp³-hybridized carbons (Fsp3) is 0.438. The Bertz CT molecular complexity index is 789. The van der Waals surface area contributed by atoms with E-state index in [0.717, 1.165) is 12.8 Å². The number of nitrogens with one attached hydrogen (secondary N) is 2. The van der Waals surface area contributed by atoms with Crippen molar-refractivity contribution >= 4 is 27.7 Å². The Kier molecular flexibility index (Phi) is 6.13. The number of hydrogen-bond donors (Lipinski definition) is 2. The molecule has 0 aromatic heterocycles. The van der Waals surface area contributed by atoms with Gasteiger partial charge in [-0.1, -0.05) is 25.5 Å². The van der Waals surface area contributed by atoms with E-state index in [-0.39, 0.29) is 35.8 Å².